The number of aromatic nitrogens is 1. The number of ether oxygens (including phenoxy) is 1. The molecule has 1 aromatic heterocycles. The normalized spacial score (nSPS) is 13.0. The lowest BCUT2D eigenvalue weighted by Crippen LogP contribution is -2.49. The zero-order valence-electron chi connectivity index (χ0n) is 16.7. The summed E-state index contributed by atoms with van der Waals surface area (Å²) in [5, 5.41) is 5.69. The summed E-state index contributed by atoms with van der Waals surface area (Å²) in [5.74, 6) is 0.274. The van der Waals surface area contributed by atoms with Gasteiger partial charge in [0.25, 0.3) is 0 Å². The molecule has 0 aliphatic carbocycles. The molecule has 1 aromatic carbocycles. The van der Waals surface area contributed by atoms with Gasteiger partial charge in [0.15, 0.2) is 0 Å². The van der Waals surface area contributed by atoms with Crippen molar-refractivity contribution in [2.45, 2.75) is 51.1 Å². The molecule has 1 amide bonds. The molecule has 2 rings (SSSR count). The molecule has 7 nitrogen and oxygen atoms in total. The van der Waals surface area contributed by atoms with Crippen molar-refractivity contribution in [3.8, 4) is 5.75 Å². The topological polar surface area (TPSA) is 97.4 Å². The Kier molecular flexibility index (Phi) is 7.56. The van der Waals surface area contributed by atoms with E-state index in [1.807, 2.05) is 5.38 Å². The lowest BCUT2D eigenvalue weighted by molar-refractivity contribution is -0.123. The second-order valence-corrected chi connectivity index (χ2v) is 9.67. The molecule has 154 valence electrons. The van der Waals surface area contributed by atoms with Crippen molar-refractivity contribution in [2.75, 3.05) is 7.11 Å². The van der Waals surface area contributed by atoms with E-state index >= 15 is 0 Å². The van der Waals surface area contributed by atoms with Gasteiger partial charge in [-0.25, -0.2) is 13.4 Å². The predicted molar refractivity (Wildman–Crippen MR) is 110 cm³/mol. The first kappa shape index (κ1) is 22.3. The number of nitrogens with zero attached hydrogens (tertiary/aromatic N) is 1. The first-order chi connectivity index (χ1) is 13.1. The van der Waals surface area contributed by atoms with E-state index in [1.165, 1.54) is 19.2 Å². The van der Waals surface area contributed by atoms with Crippen molar-refractivity contribution in [3.05, 3.63) is 40.3 Å². The SMILES string of the molecule is COc1ccc(S(=O)(=O)N[C@H](C(=O)NCc2csc(C(C)C)n2)C(C)C)cc1. The largest absolute Gasteiger partial charge is 0.497 e. The van der Waals surface area contributed by atoms with E-state index in [0.717, 1.165) is 10.7 Å². The van der Waals surface area contributed by atoms with E-state index in [1.54, 1.807) is 37.3 Å². The van der Waals surface area contributed by atoms with Crippen LogP contribution in [0.3, 0.4) is 0 Å². The first-order valence-electron chi connectivity index (χ1n) is 9.02. The summed E-state index contributed by atoms with van der Waals surface area (Å²) in [6.45, 7) is 7.96. The van der Waals surface area contributed by atoms with Crippen molar-refractivity contribution in [2.24, 2.45) is 5.92 Å². The van der Waals surface area contributed by atoms with E-state index in [-0.39, 0.29) is 23.3 Å². The van der Waals surface area contributed by atoms with Gasteiger partial charge in [-0.3, -0.25) is 4.79 Å². The highest BCUT2D eigenvalue weighted by Gasteiger charge is 2.28. The van der Waals surface area contributed by atoms with Gasteiger partial charge in [-0.1, -0.05) is 27.7 Å². The van der Waals surface area contributed by atoms with Crippen LogP contribution in [0.15, 0.2) is 34.5 Å². The third-order valence-electron chi connectivity index (χ3n) is 4.11. The summed E-state index contributed by atoms with van der Waals surface area (Å²) in [6.07, 6.45) is 0. The average molecular weight is 426 g/mol. The summed E-state index contributed by atoms with van der Waals surface area (Å²) in [7, 11) is -2.34. The fourth-order valence-electron chi connectivity index (χ4n) is 2.44. The molecule has 28 heavy (non-hydrogen) atoms. The highest BCUT2D eigenvalue weighted by atomic mass is 32.2. The van der Waals surface area contributed by atoms with Crippen LogP contribution in [0.2, 0.25) is 0 Å². The highest BCUT2D eigenvalue weighted by Crippen LogP contribution is 2.19. The number of benzene rings is 1. The number of hydrogen-bond donors (Lipinski definition) is 2. The van der Waals surface area contributed by atoms with Crippen LogP contribution in [0.4, 0.5) is 0 Å². The first-order valence-corrected chi connectivity index (χ1v) is 11.4. The third kappa shape index (κ3) is 5.76. The van der Waals surface area contributed by atoms with Crippen LogP contribution < -0.4 is 14.8 Å². The zero-order valence-corrected chi connectivity index (χ0v) is 18.4. The minimum Gasteiger partial charge on any atom is -0.497 e. The Balaban J connectivity index is 2.07. The standard InChI is InChI=1S/C19H27N3O4S2/c1-12(2)17(18(23)20-10-14-11-27-19(21-14)13(3)4)22-28(24,25)16-8-6-15(26-5)7-9-16/h6-9,11-13,17,22H,10H2,1-5H3,(H,20,23)/t17-/m0/s1. The molecule has 2 N–H and O–H groups in total. The third-order valence-corrected chi connectivity index (χ3v) is 6.76. The Morgan fingerprint density at radius 2 is 1.82 bits per heavy atom. The highest BCUT2D eigenvalue weighted by molar-refractivity contribution is 7.89. The minimum absolute atomic E-state index is 0.0767. The van der Waals surface area contributed by atoms with Crippen molar-refractivity contribution < 1.29 is 17.9 Å². The van der Waals surface area contributed by atoms with Crippen LogP contribution in [0, 0.1) is 5.92 Å². The van der Waals surface area contributed by atoms with Gasteiger partial charge in [-0.2, -0.15) is 4.72 Å². The molecule has 0 saturated heterocycles. The monoisotopic (exact) mass is 425 g/mol. The van der Waals surface area contributed by atoms with Crippen molar-refractivity contribution in [1.29, 1.82) is 0 Å². The Hall–Kier alpha value is -1.97. The van der Waals surface area contributed by atoms with Crippen LogP contribution in [-0.2, 0) is 21.4 Å². The summed E-state index contributed by atoms with van der Waals surface area (Å²) in [4.78, 5) is 17.2. The number of thiazole rings is 1. The van der Waals surface area contributed by atoms with Gasteiger partial charge in [0.1, 0.15) is 11.8 Å². The maximum absolute atomic E-state index is 12.7. The second-order valence-electron chi connectivity index (χ2n) is 7.07. The van der Waals surface area contributed by atoms with Gasteiger partial charge in [0.2, 0.25) is 15.9 Å². The summed E-state index contributed by atoms with van der Waals surface area (Å²) < 4.78 is 32.9. The number of carbonyl (C=O) groups excluding carboxylic acids is 1. The molecular formula is C19H27N3O4S2. The molecule has 0 fully saturated rings. The maximum Gasteiger partial charge on any atom is 0.241 e. The van der Waals surface area contributed by atoms with Gasteiger partial charge in [0, 0.05) is 11.3 Å². The molecule has 0 radical (unpaired) electrons. The molecule has 0 aliphatic heterocycles. The second kappa shape index (κ2) is 9.49. The fraction of sp³-hybridized carbons (Fsp3) is 0.474. The molecule has 0 unspecified atom stereocenters. The molecule has 0 spiro atoms. The van der Waals surface area contributed by atoms with E-state index in [9.17, 15) is 13.2 Å². The summed E-state index contributed by atoms with van der Waals surface area (Å²) in [6, 6.07) is 5.12. The summed E-state index contributed by atoms with van der Waals surface area (Å²) >= 11 is 1.55. The quantitative estimate of drug-likeness (QED) is 0.644. The van der Waals surface area contributed by atoms with Crippen LogP contribution in [0.5, 0.6) is 5.75 Å². The molecule has 9 heteroatoms. The Morgan fingerprint density at radius 1 is 1.18 bits per heavy atom. The number of rotatable bonds is 9. The van der Waals surface area contributed by atoms with Crippen molar-refractivity contribution in [3.63, 3.8) is 0 Å². The minimum atomic E-state index is -3.84. The molecular weight excluding hydrogens is 398 g/mol. The van der Waals surface area contributed by atoms with E-state index in [0.29, 0.717) is 11.7 Å². The molecule has 1 heterocycles. The molecule has 1 atom stereocenters. The molecule has 0 saturated carbocycles. The van der Waals surface area contributed by atoms with E-state index < -0.39 is 16.1 Å². The van der Waals surface area contributed by atoms with Crippen LogP contribution in [-0.4, -0.2) is 32.5 Å². The number of hydrogen-bond acceptors (Lipinski definition) is 6. The van der Waals surface area contributed by atoms with Gasteiger partial charge in [-0.15, -0.1) is 11.3 Å². The van der Waals surface area contributed by atoms with Gasteiger partial charge < -0.3 is 10.1 Å². The Morgan fingerprint density at radius 3 is 2.32 bits per heavy atom. The lowest BCUT2D eigenvalue weighted by atomic mass is 10.1. The molecule has 2 aromatic rings. The number of sulfonamides is 1. The molecule has 0 aliphatic rings. The Bertz CT molecular complexity index is 890. The lowest BCUT2D eigenvalue weighted by Gasteiger charge is -2.21. The van der Waals surface area contributed by atoms with Gasteiger partial charge in [-0.05, 0) is 30.2 Å². The van der Waals surface area contributed by atoms with Crippen molar-refractivity contribution >= 4 is 27.3 Å². The fourth-order valence-corrected chi connectivity index (χ4v) is 4.62. The predicted octanol–water partition coefficient (Wildman–Crippen LogP) is 2.89. The number of methoxy groups -OCH3 is 1. The number of carbonyl (C=O) groups is 1. The van der Waals surface area contributed by atoms with Gasteiger partial charge in [0.05, 0.1) is 29.3 Å². The number of nitrogens with one attached hydrogen (secondary N) is 2. The maximum atomic E-state index is 12.7. The van der Waals surface area contributed by atoms with E-state index in [2.05, 4.69) is 28.9 Å². The Labute approximate surface area is 170 Å². The van der Waals surface area contributed by atoms with Crippen LogP contribution >= 0.6 is 11.3 Å². The zero-order chi connectivity index (χ0) is 20.9. The van der Waals surface area contributed by atoms with Crippen LogP contribution in [0.25, 0.3) is 0 Å². The van der Waals surface area contributed by atoms with E-state index in [4.69, 9.17) is 4.74 Å². The number of amides is 1. The van der Waals surface area contributed by atoms with Crippen LogP contribution in [0.1, 0.15) is 44.3 Å². The average Bonchev–Trinajstić information content (AvgIpc) is 3.13. The van der Waals surface area contributed by atoms with Gasteiger partial charge >= 0.3 is 0 Å². The smallest absolute Gasteiger partial charge is 0.241 e. The summed E-state index contributed by atoms with van der Waals surface area (Å²) in [5.41, 5.74) is 0.766. The van der Waals surface area contributed by atoms with Crippen molar-refractivity contribution in [1.82, 2.24) is 15.0 Å². The molecule has 0 bridgehead atoms.